The van der Waals surface area contributed by atoms with Crippen LogP contribution in [0.15, 0.2) is 206 Å². The van der Waals surface area contributed by atoms with E-state index in [9.17, 15) is 0 Å². The zero-order valence-electron chi connectivity index (χ0n) is 30.8. The van der Waals surface area contributed by atoms with Crippen molar-refractivity contribution < 1.29 is 4.74 Å². The van der Waals surface area contributed by atoms with Crippen molar-refractivity contribution in [2.75, 3.05) is 4.90 Å². The van der Waals surface area contributed by atoms with Crippen LogP contribution in [0.2, 0.25) is 0 Å². The minimum absolute atomic E-state index is 0.613. The molecular formula is C52H34N4O. The molecule has 2 aliphatic rings. The minimum atomic E-state index is -0.617. The van der Waals surface area contributed by atoms with Crippen molar-refractivity contribution in [3.8, 4) is 56.8 Å². The molecule has 3 heterocycles. The molecule has 0 amide bonds. The predicted molar refractivity (Wildman–Crippen MR) is 228 cm³/mol. The van der Waals surface area contributed by atoms with E-state index in [4.69, 9.17) is 19.7 Å². The molecule has 268 valence electrons. The Morgan fingerprint density at radius 2 is 0.702 bits per heavy atom. The summed E-state index contributed by atoms with van der Waals surface area (Å²) in [6.07, 6.45) is 0. The summed E-state index contributed by atoms with van der Waals surface area (Å²) in [4.78, 5) is 17.7. The summed E-state index contributed by atoms with van der Waals surface area (Å²) in [6, 6.07) is 72.0. The van der Waals surface area contributed by atoms with Gasteiger partial charge in [0.05, 0.1) is 22.5 Å². The third-order valence-corrected chi connectivity index (χ3v) is 11.2. The Bertz CT molecular complexity index is 2810. The molecule has 8 aromatic carbocycles. The first kappa shape index (κ1) is 32.8. The van der Waals surface area contributed by atoms with E-state index in [1.165, 1.54) is 11.1 Å². The highest BCUT2D eigenvalue weighted by Crippen LogP contribution is 2.63. The molecule has 57 heavy (non-hydrogen) atoms. The molecule has 1 aromatic heterocycles. The van der Waals surface area contributed by atoms with Crippen LogP contribution >= 0.6 is 0 Å². The Hall–Kier alpha value is -7.63. The summed E-state index contributed by atoms with van der Waals surface area (Å²) in [5, 5.41) is 0. The van der Waals surface area contributed by atoms with E-state index in [1.807, 2.05) is 60.7 Å². The maximum absolute atomic E-state index is 6.62. The minimum Gasteiger partial charge on any atom is -0.457 e. The normalized spacial score (nSPS) is 13.2. The van der Waals surface area contributed by atoms with Gasteiger partial charge in [0.15, 0.2) is 17.5 Å². The van der Waals surface area contributed by atoms with E-state index in [1.54, 1.807) is 0 Å². The van der Waals surface area contributed by atoms with Crippen LogP contribution in [0.5, 0.6) is 11.5 Å². The molecule has 0 unspecified atom stereocenters. The monoisotopic (exact) mass is 730 g/mol. The number of anilines is 3. The van der Waals surface area contributed by atoms with Gasteiger partial charge in [-0.15, -0.1) is 0 Å². The van der Waals surface area contributed by atoms with Gasteiger partial charge in [-0.25, -0.2) is 15.0 Å². The third-order valence-electron chi connectivity index (χ3n) is 11.2. The maximum atomic E-state index is 6.62. The van der Waals surface area contributed by atoms with Crippen LogP contribution in [0.3, 0.4) is 0 Å². The topological polar surface area (TPSA) is 51.1 Å². The molecule has 5 nitrogen and oxygen atoms in total. The average molecular weight is 731 g/mol. The first-order chi connectivity index (χ1) is 28.3. The van der Waals surface area contributed by atoms with Crippen molar-refractivity contribution in [2.24, 2.45) is 0 Å². The van der Waals surface area contributed by atoms with Gasteiger partial charge >= 0.3 is 0 Å². The lowest BCUT2D eigenvalue weighted by molar-refractivity contribution is 0.434. The molecule has 0 aliphatic carbocycles. The highest BCUT2D eigenvalue weighted by Gasteiger charge is 2.51. The Morgan fingerprint density at radius 1 is 0.316 bits per heavy atom. The number of ether oxygens (including phenoxy) is 1. The molecule has 0 N–H and O–H groups in total. The summed E-state index contributed by atoms with van der Waals surface area (Å²) in [5.74, 6) is 3.60. The second kappa shape index (κ2) is 13.3. The van der Waals surface area contributed by atoms with Crippen molar-refractivity contribution in [1.29, 1.82) is 0 Å². The van der Waals surface area contributed by atoms with E-state index in [0.717, 1.165) is 67.5 Å². The molecule has 9 aromatic rings. The van der Waals surface area contributed by atoms with E-state index < -0.39 is 5.41 Å². The summed E-state index contributed by atoms with van der Waals surface area (Å²) in [7, 11) is 0. The predicted octanol–water partition coefficient (Wildman–Crippen LogP) is 12.8. The lowest BCUT2D eigenvalue weighted by atomic mass is 9.61. The average Bonchev–Trinajstić information content (AvgIpc) is 3.29. The van der Waals surface area contributed by atoms with Crippen molar-refractivity contribution in [3.05, 3.63) is 229 Å². The SMILES string of the molecule is c1ccc(-c2nc(-c3ccccc3)nc(-c3ccccc3-c3ccccc3N3c4ccccc4C4(c5ccccc5Oc5ccccc54)c4ccccc43)n2)cc1. The zero-order valence-corrected chi connectivity index (χ0v) is 30.8. The Labute approximate surface area is 331 Å². The van der Waals surface area contributed by atoms with Gasteiger partial charge in [0.1, 0.15) is 11.5 Å². The highest BCUT2D eigenvalue weighted by atomic mass is 16.5. The fraction of sp³-hybridized carbons (Fsp3) is 0.0192. The van der Waals surface area contributed by atoms with Crippen LogP contribution < -0.4 is 9.64 Å². The number of fused-ring (bicyclic) bond motifs is 8. The van der Waals surface area contributed by atoms with E-state index in [-0.39, 0.29) is 0 Å². The van der Waals surface area contributed by atoms with Gasteiger partial charge in [0.25, 0.3) is 0 Å². The quantitative estimate of drug-likeness (QED) is 0.176. The van der Waals surface area contributed by atoms with Gasteiger partial charge in [0.2, 0.25) is 0 Å². The lowest BCUT2D eigenvalue weighted by Gasteiger charge is -2.48. The molecule has 0 fully saturated rings. The van der Waals surface area contributed by atoms with E-state index in [2.05, 4.69) is 150 Å². The third kappa shape index (κ3) is 5.13. The number of aromatic nitrogens is 3. The first-order valence-electron chi connectivity index (χ1n) is 19.2. The largest absolute Gasteiger partial charge is 0.457 e. The van der Waals surface area contributed by atoms with E-state index in [0.29, 0.717) is 17.5 Å². The summed E-state index contributed by atoms with van der Waals surface area (Å²) >= 11 is 0. The number of benzene rings is 8. The van der Waals surface area contributed by atoms with E-state index >= 15 is 0 Å². The molecule has 1 spiro atoms. The fourth-order valence-corrected chi connectivity index (χ4v) is 8.82. The smallest absolute Gasteiger partial charge is 0.164 e. The first-order valence-corrected chi connectivity index (χ1v) is 19.2. The number of para-hydroxylation sites is 5. The molecule has 11 rings (SSSR count). The molecule has 0 saturated heterocycles. The molecule has 5 heteroatoms. The van der Waals surface area contributed by atoms with Crippen molar-refractivity contribution in [3.63, 3.8) is 0 Å². The summed E-state index contributed by atoms with van der Waals surface area (Å²) < 4.78 is 6.62. The zero-order chi connectivity index (χ0) is 37.8. The van der Waals surface area contributed by atoms with Crippen LogP contribution in [0.4, 0.5) is 17.1 Å². The number of hydrogen-bond donors (Lipinski definition) is 0. The molecule has 0 atom stereocenters. The number of rotatable bonds is 5. The standard InChI is InChI=1S/C52H34N4O/c1-3-19-35(20-4-1)49-53-50(36-21-5-2-6-22-36)55-51(54-49)39-25-8-7-23-37(39)38-24-9-14-30-44(38)56-45-31-15-10-26-40(45)52(41-27-11-16-32-46(41)56)42-28-12-17-33-47(42)57-48-34-18-13-29-43(48)52/h1-34H. The summed E-state index contributed by atoms with van der Waals surface area (Å²) in [6.45, 7) is 0. The van der Waals surface area contributed by atoms with Crippen LogP contribution in [0, 0.1) is 0 Å². The second-order valence-electron chi connectivity index (χ2n) is 14.3. The lowest BCUT2D eigenvalue weighted by Crippen LogP contribution is -2.39. The van der Waals surface area contributed by atoms with Crippen LogP contribution in [0.25, 0.3) is 45.3 Å². The Kier molecular flexibility index (Phi) is 7.64. The number of hydrogen-bond acceptors (Lipinski definition) is 5. The van der Waals surface area contributed by atoms with Gasteiger partial charge in [-0.05, 0) is 47.0 Å². The molecule has 0 bridgehead atoms. The summed E-state index contributed by atoms with van der Waals surface area (Å²) in [5.41, 5.74) is 12.1. The maximum Gasteiger partial charge on any atom is 0.164 e. The molecular weight excluding hydrogens is 697 g/mol. The van der Waals surface area contributed by atoms with Crippen LogP contribution in [-0.4, -0.2) is 15.0 Å². The van der Waals surface area contributed by atoms with Crippen LogP contribution in [-0.2, 0) is 5.41 Å². The van der Waals surface area contributed by atoms with Gasteiger partial charge < -0.3 is 9.64 Å². The van der Waals surface area contributed by atoms with Gasteiger partial charge in [0, 0.05) is 33.4 Å². The highest BCUT2D eigenvalue weighted by molar-refractivity contribution is 5.97. The molecule has 0 saturated carbocycles. The van der Waals surface area contributed by atoms with Gasteiger partial charge in [-0.2, -0.15) is 0 Å². The van der Waals surface area contributed by atoms with Gasteiger partial charge in [-0.1, -0.05) is 176 Å². The van der Waals surface area contributed by atoms with Crippen molar-refractivity contribution in [1.82, 2.24) is 15.0 Å². The van der Waals surface area contributed by atoms with Crippen molar-refractivity contribution >= 4 is 17.1 Å². The molecule has 0 radical (unpaired) electrons. The second-order valence-corrected chi connectivity index (χ2v) is 14.3. The molecule has 2 aliphatic heterocycles. The fourth-order valence-electron chi connectivity index (χ4n) is 8.82. The Balaban J connectivity index is 1.15. The van der Waals surface area contributed by atoms with Gasteiger partial charge in [-0.3, -0.25) is 0 Å². The van der Waals surface area contributed by atoms with Crippen molar-refractivity contribution in [2.45, 2.75) is 5.41 Å². The number of nitrogens with zero attached hydrogens (tertiary/aromatic N) is 4. The van der Waals surface area contributed by atoms with Crippen LogP contribution in [0.1, 0.15) is 22.3 Å². The Morgan fingerprint density at radius 3 is 1.25 bits per heavy atom.